The molecule has 2 heterocycles. The summed E-state index contributed by atoms with van der Waals surface area (Å²) in [6.45, 7) is 0.683. The number of nitrogens with zero attached hydrogens (tertiary/aromatic N) is 2. The fourth-order valence-corrected chi connectivity index (χ4v) is 1.94. The lowest BCUT2D eigenvalue weighted by Crippen LogP contribution is -2.40. The Morgan fingerprint density at radius 3 is 2.88 bits per heavy atom. The Morgan fingerprint density at radius 2 is 2.35 bits per heavy atom. The fraction of sp³-hybridized carbons (Fsp3) is 0.364. The van der Waals surface area contributed by atoms with Gasteiger partial charge in [-0.15, -0.1) is 0 Å². The molecule has 2 rings (SSSR count). The Hall–Kier alpha value is -1.43. The van der Waals surface area contributed by atoms with E-state index in [-0.39, 0.29) is 11.8 Å². The SMILES string of the molecule is CN1CCC(NC(=O)c2ccc(Br)nc2)C1=O. The molecule has 5 nitrogen and oxygen atoms in total. The second-order valence-electron chi connectivity index (χ2n) is 3.94. The summed E-state index contributed by atoms with van der Waals surface area (Å²) in [6.07, 6.45) is 2.13. The summed E-state index contributed by atoms with van der Waals surface area (Å²) in [4.78, 5) is 29.0. The lowest BCUT2D eigenvalue weighted by molar-refractivity contribution is -0.128. The number of nitrogens with one attached hydrogen (secondary N) is 1. The molecule has 2 amide bonds. The highest BCUT2D eigenvalue weighted by atomic mass is 79.9. The van der Waals surface area contributed by atoms with Crippen LogP contribution in [0.25, 0.3) is 0 Å². The summed E-state index contributed by atoms with van der Waals surface area (Å²) < 4.78 is 0.672. The van der Waals surface area contributed by atoms with E-state index in [4.69, 9.17) is 0 Å². The van der Waals surface area contributed by atoms with E-state index in [9.17, 15) is 9.59 Å². The largest absolute Gasteiger partial charge is 0.344 e. The molecule has 0 radical (unpaired) electrons. The quantitative estimate of drug-likeness (QED) is 0.822. The Kier molecular flexibility index (Phi) is 3.42. The van der Waals surface area contributed by atoms with Gasteiger partial charge in [-0.1, -0.05) is 0 Å². The van der Waals surface area contributed by atoms with Gasteiger partial charge < -0.3 is 10.2 Å². The minimum atomic E-state index is -0.406. The molecule has 1 saturated heterocycles. The van der Waals surface area contributed by atoms with Crippen molar-refractivity contribution in [2.75, 3.05) is 13.6 Å². The van der Waals surface area contributed by atoms with Gasteiger partial charge >= 0.3 is 0 Å². The summed E-state index contributed by atoms with van der Waals surface area (Å²) in [5, 5.41) is 2.71. The summed E-state index contributed by atoms with van der Waals surface area (Å²) in [7, 11) is 1.73. The van der Waals surface area contributed by atoms with Crippen LogP contribution >= 0.6 is 15.9 Å². The van der Waals surface area contributed by atoms with Crippen LogP contribution in [0.3, 0.4) is 0 Å². The van der Waals surface area contributed by atoms with Gasteiger partial charge in [-0.25, -0.2) is 4.98 Å². The smallest absolute Gasteiger partial charge is 0.253 e. The third-order valence-corrected chi connectivity index (χ3v) is 3.19. The molecule has 90 valence electrons. The number of carbonyl (C=O) groups is 2. The average Bonchev–Trinajstić information content (AvgIpc) is 2.62. The number of hydrogen-bond acceptors (Lipinski definition) is 3. The van der Waals surface area contributed by atoms with Crippen LogP contribution in [0.2, 0.25) is 0 Å². The number of likely N-dealkylation sites (N-methyl/N-ethyl adjacent to an activating group) is 1. The Morgan fingerprint density at radius 1 is 1.59 bits per heavy atom. The molecule has 0 bridgehead atoms. The molecule has 0 spiro atoms. The summed E-state index contributed by atoms with van der Waals surface area (Å²) >= 11 is 3.20. The zero-order valence-electron chi connectivity index (χ0n) is 9.31. The van der Waals surface area contributed by atoms with Crippen LogP contribution in [-0.2, 0) is 4.79 Å². The molecule has 1 N–H and O–H groups in total. The van der Waals surface area contributed by atoms with E-state index in [1.165, 1.54) is 6.20 Å². The molecule has 1 unspecified atom stereocenters. The molecule has 1 fully saturated rings. The van der Waals surface area contributed by atoms with E-state index in [0.717, 1.165) is 0 Å². The first-order valence-corrected chi connectivity index (χ1v) is 6.04. The van der Waals surface area contributed by atoms with Gasteiger partial charge in [0, 0.05) is 19.8 Å². The van der Waals surface area contributed by atoms with Gasteiger partial charge in [0.05, 0.1) is 5.56 Å². The number of rotatable bonds is 2. The third kappa shape index (κ3) is 2.63. The first-order valence-electron chi connectivity index (χ1n) is 5.25. The highest BCUT2D eigenvalue weighted by Gasteiger charge is 2.30. The number of amides is 2. The molecule has 1 atom stereocenters. The molecular weight excluding hydrogens is 286 g/mol. The molecule has 17 heavy (non-hydrogen) atoms. The highest BCUT2D eigenvalue weighted by molar-refractivity contribution is 9.10. The van der Waals surface area contributed by atoms with Crippen LogP contribution in [0.1, 0.15) is 16.8 Å². The number of likely N-dealkylation sites (tertiary alicyclic amines) is 1. The molecule has 1 aliphatic rings. The number of halogens is 1. The van der Waals surface area contributed by atoms with E-state index >= 15 is 0 Å². The van der Waals surface area contributed by atoms with Crippen molar-refractivity contribution in [2.24, 2.45) is 0 Å². The van der Waals surface area contributed by atoms with Gasteiger partial charge in [-0.3, -0.25) is 9.59 Å². The van der Waals surface area contributed by atoms with E-state index < -0.39 is 6.04 Å². The number of carbonyl (C=O) groups excluding carboxylic acids is 2. The van der Waals surface area contributed by atoms with Crippen molar-refractivity contribution >= 4 is 27.7 Å². The van der Waals surface area contributed by atoms with Crippen molar-refractivity contribution in [3.8, 4) is 0 Å². The van der Waals surface area contributed by atoms with E-state index in [2.05, 4.69) is 26.2 Å². The monoisotopic (exact) mass is 297 g/mol. The molecule has 0 saturated carbocycles. The zero-order chi connectivity index (χ0) is 12.4. The Bertz CT molecular complexity index is 447. The molecule has 0 aromatic carbocycles. The second kappa shape index (κ2) is 4.83. The van der Waals surface area contributed by atoms with Gasteiger partial charge in [-0.05, 0) is 34.5 Å². The fourth-order valence-electron chi connectivity index (χ4n) is 1.71. The van der Waals surface area contributed by atoms with Gasteiger partial charge in [0.15, 0.2) is 0 Å². The summed E-state index contributed by atoms with van der Waals surface area (Å²) in [6, 6.07) is 2.95. The first-order chi connectivity index (χ1) is 8.08. The maximum absolute atomic E-state index is 11.8. The van der Waals surface area contributed by atoms with Crippen LogP contribution in [0.4, 0.5) is 0 Å². The van der Waals surface area contributed by atoms with Crippen molar-refractivity contribution in [1.82, 2.24) is 15.2 Å². The van der Waals surface area contributed by atoms with Crippen molar-refractivity contribution < 1.29 is 9.59 Å². The lowest BCUT2D eigenvalue weighted by Gasteiger charge is -2.12. The molecular formula is C11H12BrN3O2. The minimum absolute atomic E-state index is 0.0385. The Balaban J connectivity index is 2.02. The van der Waals surface area contributed by atoms with Crippen LogP contribution in [-0.4, -0.2) is 41.3 Å². The van der Waals surface area contributed by atoms with Crippen LogP contribution in [0, 0.1) is 0 Å². The number of hydrogen-bond donors (Lipinski definition) is 1. The van der Waals surface area contributed by atoms with E-state index in [1.807, 2.05) is 0 Å². The van der Waals surface area contributed by atoms with Crippen LogP contribution in [0.5, 0.6) is 0 Å². The van der Waals surface area contributed by atoms with Crippen molar-refractivity contribution in [2.45, 2.75) is 12.5 Å². The molecule has 6 heteroatoms. The number of aromatic nitrogens is 1. The lowest BCUT2D eigenvalue weighted by atomic mass is 10.2. The predicted octanol–water partition coefficient (Wildman–Crippen LogP) is 0.805. The second-order valence-corrected chi connectivity index (χ2v) is 4.76. The van der Waals surface area contributed by atoms with Gasteiger partial charge in [0.2, 0.25) is 5.91 Å². The standard InChI is InChI=1S/C11H12BrN3O2/c1-15-5-4-8(11(15)17)14-10(16)7-2-3-9(12)13-6-7/h2-3,6,8H,4-5H2,1H3,(H,14,16). The maximum Gasteiger partial charge on any atom is 0.253 e. The topological polar surface area (TPSA) is 62.3 Å². The Labute approximate surface area is 107 Å². The molecule has 1 aromatic heterocycles. The van der Waals surface area contributed by atoms with E-state index in [0.29, 0.717) is 23.1 Å². The van der Waals surface area contributed by atoms with Crippen molar-refractivity contribution in [1.29, 1.82) is 0 Å². The van der Waals surface area contributed by atoms with E-state index in [1.54, 1.807) is 24.1 Å². The average molecular weight is 298 g/mol. The predicted molar refractivity (Wildman–Crippen MR) is 65.4 cm³/mol. The third-order valence-electron chi connectivity index (χ3n) is 2.72. The maximum atomic E-state index is 11.8. The summed E-state index contributed by atoms with van der Waals surface area (Å²) in [5.41, 5.74) is 0.454. The molecule has 0 aliphatic carbocycles. The summed E-state index contributed by atoms with van der Waals surface area (Å²) in [5.74, 6) is -0.304. The van der Waals surface area contributed by atoms with Crippen molar-refractivity contribution in [3.63, 3.8) is 0 Å². The van der Waals surface area contributed by atoms with Gasteiger partial charge in [-0.2, -0.15) is 0 Å². The number of pyridine rings is 1. The van der Waals surface area contributed by atoms with Crippen molar-refractivity contribution in [3.05, 3.63) is 28.5 Å². The zero-order valence-corrected chi connectivity index (χ0v) is 10.9. The minimum Gasteiger partial charge on any atom is -0.344 e. The van der Waals surface area contributed by atoms with Crippen LogP contribution < -0.4 is 5.32 Å². The normalized spacial score (nSPS) is 19.5. The molecule has 1 aromatic rings. The van der Waals surface area contributed by atoms with Crippen LogP contribution in [0.15, 0.2) is 22.9 Å². The molecule has 1 aliphatic heterocycles. The highest BCUT2D eigenvalue weighted by Crippen LogP contribution is 2.10. The van der Waals surface area contributed by atoms with Gasteiger partial charge in [0.1, 0.15) is 10.6 Å². The van der Waals surface area contributed by atoms with Gasteiger partial charge in [0.25, 0.3) is 5.91 Å². The first kappa shape index (κ1) is 12.0.